The van der Waals surface area contributed by atoms with E-state index in [2.05, 4.69) is 14.5 Å². The summed E-state index contributed by atoms with van der Waals surface area (Å²) >= 11 is 1.34. The van der Waals surface area contributed by atoms with Gasteiger partial charge in [-0.2, -0.15) is 4.37 Å². The van der Waals surface area contributed by atoms with Gasteiger partial charge < -0.3 is 15.8 Å². The lowest BCUT2D eigenvalue weighted by Gasteiger charge is -2.18. The van der Waals surface area contributed by atoms with Crippen LogP contribution in [0.3, 0.4) is 0 Å². The lowest BCUT2D eigenvalue weighted by molar-refractivity contribution is 0.317. The molecule has 1 heterocycles. The Morgan fingerprint density at radius 1 is 1.79 bits per heavy atom. The zero-order chi connectivity index (χ0) is 10.4. The van der Waals surface area contributed by atoms with Crippen molar-refractivity contribution in [1.82, 2.24) is 9.36 Å². The van der Waals surface area contributed by atoms with Crippen LogP contribution in [0, 0.1) is 0 Å². The van der Waals surface area contributed by atoms with E-state index in [9.17, 15) is 0 Å². The number of hydrogen-bond donors (Lipinski definition) is 2. The number of aromatic nitrogens is 2. The van der Waals surface area contributed by atoms with Gasteiger partial charge in [0.1, 0.15) is 12.2 Å². The van der Waals surface area contributed by atoms with Gasteiger partial charge in [-0.1, -0.05) is 5.16 Å². The normalized spacial score (nSPS) is 11.6. The molecule has 3 N–H and O–H groups in total. The van der Waals surface area contributed by atoms with E-state index in [4.69, 9.17) is 10.9 Å². The monoisotopic (exact) mass is 215 g/mol. The van der Waals surface area contributed by atoms with Gasteiger partial charge in [0.2, 0.25) is 5.13 Å². The van der Waals surface area contributed by atoms with Gasteiger partial charge in [0.25, 0.3) is 0 Å². The minimum absolute atomic E-state index is 0.230. The maximum atomic E-state index is 8.37. The zero-order valence-electron chi connectivity index (χ0n) is 7.92. The SMILES string of the molecule is CCN(CCC(N)=NO)c1ncns1. The van der Waals surface area contributed by atoms with Crippen LogP contribution >= 0.6 is 11.5 Å². The number of amidine groups is 1. The van der Waals surface area contributed by atoms with Crippen LogP contribution in [0.15, 0.2) is 11.5 Å². The van der Waals surface area contributed by atoms with Gasteiger partial charge in [-0.05, 0) is 6.92 Å². The van der Waals surface area contributed by atoms with Crippen LogP contribution in [0.1, 0.15) is 13.3 Å². The van der Waals surface area contributed by atoms with Crippen molar-refractivity contribution < 1.29 is 5.21 Å². The summed E-state index contributed by atoms with van der Waals surface area (Å²) in [4.78, 5) is 6.10. The third-order valence-electron chi connectivity index (χ3n) is 1.77. The summed E-state index contributed by atoms with van der Waals surface area (Å²) < 4.78 is 3.92. The third kappa shape index (κ3) is 2.84. The summed E-state index contributed by atoms with van der Waals surface area (Å²) in [7, 11) is 0. The van der Waals surface area contributed by atoms with Gasteiger partial charge in [0.15, 0.2) is 0 Å². The Morgan fingerprint density at radius 2 is 2.57 bits per heavy atom. The van der Waals surface area contributed by atoms with Gasteiger partial charge in [-0.3, -0.25) is 0 Å². The van der Waals surface area contributed by atoms with Crippen molar-refractivity contribution >= 4 is 22.5 Å². The summed E-state index contributed by atoms with van der Waals surface area (Å²) in [6.07, 6.45) is 2.04. The van der Waals surface area contributed by atoms with E-state index in [1.165, 1.54) is 17.9 Å². The molecule has 0 unspecified atom stereocenters. The molecule has 0 aromatic carbocycles. The average Bonchev–Trinajstić information content (AvgIpc) is 2.72. The van der Waals surface area contributed by atoms with Gasteiger partial charge in [-0.25, -0.2) is 4.98 Å². The summed E-state index contributed by atoms with van der Waals surface area (Å²) in [5.74, 6) is 0.230. The molecule has 78 valence electrons. The van der Waals surface area contributed by atoms with E-state index in [0.717, 1.165) is 11.7 Å². The lowest BCUT2D eigenvalue weighted by Crippen LogP contribution is -2.27. The quantitative estimate of drug-likeness (QED) is 0.323. The molecular formula is C7H13N5OS. The van der Waals surface area contributed by atoms with Gasteiger partial charge in [-0.15, -0.1) is 0 Å². The molecule has 0 saturated carbocycles. The zero-order valence-corrected chi connectivity index (χ0v) is 8.74. The standard InChI is InChI=1S/C7H13N5OS/c1-2-12(4-3-6(8)11-13)7-9-5-10-14-7/h5,13H,2-4H2,1H3,(H2,8,11). The van der Waals surface area contributed by atoms with Gasteiger partial charge in [0.05, 0.1) is 0 Å². The van der Waals surface area contributed by atoms with Crippen molar-refractivity contribution in [3.05, 3.63) is 6.33 Å². The molecule has 0 aliphatic carbocycles. The van der Waals surface area contributed by atoms with Crippen LogP contribution in [0.5, 0.6) is 0 Å². The predicted octanol–water partition coefficient (Wildman–Crippen LogP) is 0.501. The number of hydrogen-bond acceptors (Lipinski definition) is 6. The molecule has 0 bridgehead atoms. The van der Waals surface area contributed by atoms with Crippen LogP contribution in [0.4, 0.5) is 5.13 Å². The molecule has 1 rings (SSSR count). The van der Waals surface area contributed by atoms with Crippen molar-refractivity contribution in [3.8, 4) is 0 Å². The van der Waals surface area contributed by atoms with E-state index in [1.54, 1.807) is 0 Å². The fraction of sp³-hybridized carbons (Fsp3) is 0.571. The molecule has 0 radical (unpaired) electrons. The lowest BCUT2D eigenvalue weighted by atomic mass is 10.4. The second-order valence-corrected chi connectivity index (χ2v) is 3.40. The van der Waals surface area contributed by atoms with Crippen molar-refractivity contribution in [2.24, 2.45) is 10.9 Å². The third-order valence-corrected chi connectivity index (χ3v) is 2.49. The summed E-state index contributed by atoms with van der Waals surface area (Å²) in [6.45, 7) is 3.53. The highest BCUT2D eigenvalue weighted by Gasteiger charge is 2.07. The number of rotatable bonds is 5. The van der Waals surface area contributed by atoms with Crippen molar-refractivity contribution in [1.29, 1.82) is 0 Å². The second kappa shape index (κ2) is 5.38. The molecule has 0 fully saturated rings. The molecule has 14 heavy (non-hydrogen) atoms. The summed E-state index contributed by atoms with van der Waals surface area (Å²) in [6, 6.07) is 0. The van der Waals surface area contributed by atoms with Crippen LogP contribution in [0.2, 0.25) is 0 Å². The minimum atomic E-state index is 0.230. The largest absolute Gasteiger partial charge is 0.409 e. The average molecular weight is 215 g/mol. The van der Waals surface area contributed by atoms with E-state index in [0.29, 0.717) is 13.0 Å². The summed E-state index contributed by atoms with van der Waals surface area (Å²) in [5.41, 5.74) is 5.37. The number of anilines is 1. The predicted molar refractivity (Wildman–Crippen MR) is 55.8 cm³/mol. The first-order chi connectivity index (χ1) is 6.77. The topological polar surface area (TPSA) is 87.6 Å². The highest BCUT2D eigenvalue weighted by Crippen LogP contribution is 2.14. The Labute approximate surface area is 86.2 Å². The Balaban J connectivity index is 2.48. The Morgan fingerprint density at radius 3 is 3.07 bits per heavy atom. The molecular weight excluding hydrogens is 202 g/mol. The van der Waals surface area contributed by atoms with E-state index < -0.39 is 0 Å². The van der Waals surface area contributed by atoms with Crippen molar-refractivity contribution in [2.75, 3.05) is 18.0 Å². The van der Waals surface area contributed by atoms with Gasteiger partial charge >= 0.3 is 0 Å². The fourth-order valence-corrected chi connectivity index (χ4v) is 1.61. The minimum Gasteiger partial charge on any atom is -0.409 e. The molecule has 7 heteroatoms. The van der Waals surface area contributed by atoms with E-state index >= 15 is 0 Å². The van der Waals surface area contributed by atoms with Gasteiger partial charge in [0, 0.05) is 31.0 Å². The second-order valence-electron chi connectivity index (χ2n) is 2.64. The molecule has 1 aromatic rings. The maximum absolute atomic E-state index is 8.37. The highest BCUT2D eigenvalue weighted by molar-refractivity contribution is 7.09. The molecule has 0 amide bonds. The van der Waals surface area contributed by atoms with E-state index in [-0.39, 0.29) is 5.84 Å². The van der Waals surface area contributed by atoms with Crippen molar-refractivity contribution in [2.45, 2.75) is 13.3 Å². The first-order valence-electron chi connectivity index (χ1n) is 4.26. The number of nitrogens with zero attached hydrogens (tertiary/aromatic N) is 4. The summed E-state index contributed by atoms with van der Waals surface area (Å²) in [5, 5.41) is 12.1. The molecule has 0 aliphatic rings. The smallest absolute Gasteiger partial charge is 0.204 e. The van der Waals surface area contributed by atoms with Crippen LogP contribution in [-0.2, 0) is 0 Å². The maximum Gasteiger partial charge on any atom is 0.204 e. The van der Waals surface area contributed by atoms with Crippen LogP contribution in [-0.4, -0.2) is 33.5 Å². The molecule has 0 aliphatic heterocycles. The fourth-order valence-electron chi connectivity index (χ4n) is 0.995. The Bertz CT molecular complexity index is 286. The molecule has 0 spiro atoms. The van der Waals surface area contributed by atoms with E-state index in [1.807, 2.05) is 11.8 Å². The first kappa shape index (κ1) is 10.7. The molecule has 0 saturated heterocycles. The molecule has 0 atom stereocenters. The number of oxime groups is 1. The Hall–Kier alpha value is -1.37. The molecule has 6 nitrogen and oxygen atoms in total. The first-order valence-corrected chi connectivity index (χ1v) is 5.03. The van der Waals surface area contributed by atoms with Crippen molar-refractivity contribution in [3.63, 3.8) is 0 Å². The number of nitrogens with two attached hydrogens (primary N) is 1. The molecule has 1 aromatic heterocycles. The van der Waals surface area contributed by atoms with Crippen LogP contribution < -0.4 is 10.6 Å². The Kier molecular flexibility index (Phi) is 4.11. The van der Waals surface area contributed by atoms with Crippen LogP contribution in [0.25, 0.3) is 0 Å². The highest BCUT2D eigenvalue weighted by atomic mass is 32.1.